The molecule has 0 aliphatic carbocycles. The number of likely N-dealkylation sites (N-methyl/N-ethyl adjacent to an activating group) is 1. The third-order valence-corrected chi connectivity index (χ3v) is 4.06. The van der Waals surface area contributed by atoms with Gasteiger partial charge in [0, 0.05) is 6.54 Å². The zero-order chi connectivity index (χ0) is 17.7. The number of benzene rings is 1. The van der Waals surface area contributed by atoms with E-state index in [0.29, 0.717) is 13.1 Å². The highest BCUT2D eigenvalue weighted by molar-refractivity contribution is 5.93. The van der Waals surface area contributed by atoms with E-state index in [-0.39, 0.29) is 19.1 Å². The summed E-state index contributed by atoms with van der Waals surface area (Å²) >= 11 is 0. The van der Waals surface area contributed by atoms with Gasteiger partial charge in [-0.3, -0.25) is 9.69 Å². The number of carbonyl (C=O) groups excluding carboxylic acids is 1. The van der Waals surface area contributed by atoms with Crippen LogP contribution in [-0.2, 0) is 4.79 Å². The third kappa shape index (κ3) is 4.21. The Morgan fingerprint density at radius 2 is 1.92 bits per heavy atom. The molecule has 6 heteroatoms. The number of carbonyl (C=O) groups is 1. The Balaban J connectivity index is 2.17. The van der Waals surface area contributed by atoms with Gasteiger partial charge in [0.15, 0.2) is 0 Å². The SMILES string of the molecule is CCN(CCO)CC(=O)Nc1c(C)nn(-c2ccc(C)cc2)c1C. The van der Waals surface area contributed by atoms with Crippen molar-refractivity contribution in [3.8, 4) is 5.69 Å². The summed E-state index contributed by atoms with van der Waals surface area (Å²) in [6.45, 7) is 9.35. The molecule has 0 saturated heterocycles. The zero-order valence-electron chi connectivity index (χ0n) is 14.8. The molecule has 0 aliphatic heterocycles. The summed E-state index contributed by atoms with van der Waals surface area (Å²) in [6.07, 6.45) is 0. The number of amides is 1. The van der Waals surface area contributed by atoms with Gasteiger partial charge < -0.3 is 10.4 Å². The van der Waals surface area contributed by atoms with Gasteiger partial charge in [-0.2, -0.15) is 5.10 Å². The van der Waals surface area contributed by atoms with E-state index in [0.717, 1.165) is 22.8 Å². The van der Waals surface area contributed by atoms with Gasteiger partial charge in [0.25, 0.3) is 0 Å². The van der Waals surface area contributed by atoms with Crippen LogP contribution in [0.2, 0.25) is 0 Å². The van der Waals surface area contributed by atoms with Crippen LogP contribution >= 0.6 is 0 Å². The topological polar surface area (TPSA) is 70.4 Å². The van der Waals surface area contributed by atoms with E-state index in [1.807, 2.05) is 61.5 Å². The number of aliphatic hydroxyl groups is 1. The molecule has 2 rings (SSSR count). The lowest BCUT2D eigenvalue weighted by atomic mass is 10.2. The van der Waals surface area contributed by atoms with E-state index in [1.165, 1.54) is 5.56 Å². The minimum absolute atomic E-state index is 0.0462. The first-order chi connectivity index (χ1) is 11.5. The molecule has 0 saturated carbocycles. The van der Waals surface area contributed by atoms with E-state index in [9.17, 15) is 4.79 Å². The summed E-state index contributed by atoms with van der Waals surface area (Å²) in [6, 6.07) is 8.11. The lowest BCUT2D eigenvalue weighted by molar-refractivity contribution is -0.117. The fraction of sp³-hybridized carbons (Fsp3) is 0.444. The Bertz CT molecular complexity index is 692. The van der Waals surface area contributed by atoms with Crippen molar-refractivity contribution in [1.82, 2.24) is 14.7 Å². The fourth-order valence-electron chi connectivity index (χ4n) is 2.63. The Morgan fingerprint density at radius 1 is 1.25 bits per heavy atom. The van der Waals surface area contributed by atoms with Crippen LogP contribution < -0.4 is 5.32 Å². The van der Waals surface area contributed by atoms with Crippen molar-refractivity contribution < 1.29 is 9.90 Å². The van der Waals surface area contributed by atoms with Gasteiger partial charge in [0.1, 0.15) is 0 Å². The normalized spacial score (nSPS) is 11.1. The molecule has 1 aromatic heterocycles. The summed E-state index contributed by atoms with van der Waals surface area (Å²) in [4.78, 5) is 14.2. The van der Waals surface area contributed by atoms with Gasteiger partial charge in [-0.1, -0.05) is 24.6 Å². The van der Waals surface area contributed by atoms with Crippen LogP contribution in [0, 0.1) is 20.8 Å². The summed E-state index contributed by atoms with van der Waals surface area (Å²) in [5, 5.41) is 16.5. The maximum atomic E-state index is 12.3. The minimum atomic E-state index is -0.0973. The smallest absolute Gasteiger partial charge is 0.238 e. The van der Waals surface area contributed by atoms with Crippen molar-refractivity contribution in [2.45, 2.75) is 27.7 Å². The molecule has 0 aliphatic rings. The van der Waals surface area contributed by atoms with Crippen molar-refractivity contribution in [2.24, 2.45) is 0 Å². The number of aromatic nitrogens is 2. The molecule has 0 unspecified atom stereocenters. The lowest BCUT2D eigenvalue weighted by Crippen LogP contribution is -2.35. The maximum Gasteiger partial charge on any atom is 0.238 e. The monoisotopic (exact) mass is 330 g/mol. The van der Waals surface area contributed by atoms with Crippen LogP contribution in [-0.4, -0.2) is 51.9 Å². The highest BCUT2D eigenvalue weighted by Crippen LogP contribution is 2.23. The summed E-state index contributed by atoms with van der Waals surface area (Å²) in [5.41, 5.74) is 4.59. The van der Waals surface area contributed by atoms with Crippen LogP contribution in [0.3, 0.4) is 0 Å². The molecule has 1 heterocycles. The van der Waals surface area contributed by atoms with Crippen molar-refractivity contribution in [1.29, 1.82) is 0 Å². The van der Waals surface area contributed by atoms with Crippen LogP contribution in [0.5, 0.6) is 0 Å². The second-order valence-corrected chi connectivity index (χ2v) is 5.93. The fourth-order valence-corrected chi connectivity index (χ4v) is 2.63. The molecule has 0 atom stereocenters. The molecule has 1 aromatic carbocycles. The van der Waals surface area contributed by atoms with Crippen molar-refractivity contribution in [2.75, 3.05) is 31.6 Å². The molecule has 0 bridgehead atoms. The largest absolute Gasteiger partial charge is 0.395 e. The number of anilines is 1. The first-order valence-electron chi connectivity index (χ1n) is 8.22. The van der Waals surface area contributed by atoms with Gasteiger partial charge in [-0.25, -0.2) is 4.68 Å². The molecule has 0 radical (unpaired) electrons. The Labute approximate surface area is 143 Å². The van der Waals surface area contributed by atoms with Gasteiger partial charge in [0.2, 0.25) is 5.91 Å². The molecule has 2 N–H and O–H groups in total. The number of aryl methyl sites for hydroxylation is 2. The van der Waals surface area contributed by atoms with Gasteiger partial charge >= 0.3 is 0 Å². The summed E-state index contributed by atoms with van der Waals surface area (Å²) < 4.78 is 1.84. The molecular formula is C18H26N4O2. The number of hydrogen-bond donors (Lipinski definition) is 2. The second-order valence-electron chi connectivity index (χ2n) is 5.93. The van der Waals surface area contributed by atoms with Crippen molar-refractivity contribution in [3.63, 3.8) is 0 Å². The highest BCUT2D eigenvalue weighted by atomic mass is 16.3. The van der Waals surface area contributed by atoms with Crippen molar-refractivity contribution >= 4 is 11.6 Å². The zero-order valence-corrected chi connectivity index (χ0v) is 14.8. The van der Waals surface area contributed by atoms with E-state index >= 15 is 0 Å². The number of nitrogens with one attached hydrogen (secondary N) is 1. The Hall–Kier alpha value is -2.18. The molecule has 0 spiro atoms. The predicted molar refractivity (Wildman–Crippen MR) is 95.6 cm³/mol. The average Bonchev–Trinajstić information content (AvgIpc) is 2.83. The molecule has 1 amide bonds. The summed E-state index contributed by atoms with van der Waals surface area (Å²) in [7, 11) is 0. The second kappa shape index (κ2) is 8.08. The Morgan fingerprint density at radius 3 is 2.50 bits per heavy atom. The van der Waals surface area contributed by atoms with E-state index in [1.54, 1.807) is 0 Å². The van der Waals surface area contributed by atoms with Crippen LogP contribution in [0.4, 0.5) is 5.69 Å². The number of aliphatic hydroxyl groups excluding tert-OH is 1. The van der Waals surface area contributed by atoms with Crippen LogP contribution in [0.1, 0.15) is 23.9 Å². The first kappa shape index (κ1) is 18.2. The third-order valence-electron chi connectivity index (χ3n) is 4.06. The molecule has 24 heavy (non-hydrogen) atoms. The van der Waals surface area contributed by atoms with E-state index < -0.39 is 0 Å². The molecular weight excluding hydrogens is 304 g/mol. The van der Waals surface area contributed by atoms with Gasteiger partial charge in [0.05, 0.1) is 35.9 Å². The molecule has 130 valence electrons. The molecule has 0 fully saturated rings. The number of hydrogen-bond acceptors (Lipinski definition) is 4. The Kier molecular flexibility index (Phi) is 6.11. The molecule has 6 nitrogen and oxygen atoms in total. The van der Waals surface area contributed by atoms with Crippen LogP contribution in [0.15, 0.2) is 24.3 Å². The molecule has 2 aromatic rings. The first-order valence-corrected chi connectivity index (χ1v) is 8.22. The van der Waals surface area contributed by atoms with Gasteiger partial charge in [-0.15, -0.1) is 0 Å². The standard InChI is InChI=1S/C18H26N4O2/c1-5-21(10-11-23)12-17(24)19-18-14(3)20-22(15(18)4)16-8-6-13(2)7-9-16/h6-9,23H,5,10-12H2,1-4H3,(H,19,24). The number of nitrogens with zero attached hydrogens (tertiary/aromatic N) is 3. The highest BCUT2D eigenvalue weighted by Gasteiger charge is 2.16. The minimum Gasteiger partial charge on any atom is -0.395 e. The maximum absolute atomic E-state index is 12.3. The lowest BCUT2D eigenvalue weighted by Gasteiger charge is -2.18. The van der Waals surface area contributed by atoms with Crippen LogP contribution in [0.25, 0.3) is 5.69 Å². The predicted octanol–water partition coefficient (Wildman–Crippen LogP) is 2.05. The average molecular weight is 330 g/mol. The number of rotatable bonds is 7. The van der Waals surface area contributed by atoms with Gasteiger partial charge in [-0.05, 0) is 39.4 Å². The quantitative estimate of drug-likeness (QED) is 0.815. The van der Waals surface area contributed by atoms with Crippen molar-refractivity contribution in [3.05, 3.63) is 41.2 Å². The van der Waals surface area contributed by atoms with E-state index in [4.69, 9.17) is 5.11 Å². The summed E-state index contributed by atoms with van der Waals surface area (Å²) in [5.74, 6) is -0.0973. The van der Waals surface area contributed by atoms with E-state index in [2.05, 4.69) is 10.4 Å².